The molecule has 1 saturated heterocycles. The molecule has 1 heterocycles. The van der Waals surface area contributed by atoms with Gasteiger partial charge in [0.2, 0.25) is 11.8 Å². The molecule has 2 rings (SSSR count). The van der Waals surface area contributed by atoms with Gasteiger partial charge in [-0.3, -0.25) is 14.5 Å². The van der Waals surface area contributed by atoms with Crippen LogP contribution in [0.5, 0.6) is 5.75 Å². The molecule has 2 amide bonds. The molecule has 1 aliphatic rings. The van der Waals surface area contributed by atoms with Gasteiger partial charge in [-0.2, -0.15) is 0 Å². The first-order valence-electron chi connectivity index (χ1n) is 7.40. The zero-order chi connectivity index (χ0) is 16.1. The summed E-state index contributed by atoms with van der Waals surface area (Å²) in [6.45, 7) is 0.997. The summed E-state index contributed by atoms with van der Waals surface area (Å²) in [6.07, 6.45) is 1.75. The van der Waals surface area contributed by atoms with Crippen LogP contribution in [-0.4, -0.2) is 62.0 Å². The molecule has 0 bridgehead atoms. The Labute approximate surface area is 131 Å². The van der Waals surface area contributed by atoms with Crippen LogP contribution in [-0.2, 0) is 9.59 Å². The zero-order valence-corrected chi connectivity index (χ0v) is 13.3. The fraction of sp³-hybridized carbons (Fsp3) is 0.500. The number of carbonyl (C=O) groups excluding carboxylic acids is 2. The molecule has 120 valence electrons. The summed E-state index contributed by atoms with van der Waals surface area (Å²) in [5, 5.41) is 2.85. The second kappa shape index (κ2) is 7.26. The van der Waals surface area contributed by atoms with E-state index in [9.17, 15) is 9.59 Å². The fourth-order valence-electron chi connectivity index (χ4n) is 2.68. The molecule has 1 N–H and O–H groups in total. The summed E-state index contributed by atoms with van der Waals surface area (Å²) in [7, 11) is 5.08. The van der Waals surface area contributed by atoms with Crippen LogP contribution in [0.4, 0.5) is 5.69 Å². The molecule has 0 aromatic heterocycles. The van der Waals surface area contributed by atoms with Crippen LogP contribution in [0.3, 0.4) is 0 Å². The van der Waals surface area contributed by atoms with Gasteiger partial charge in [0.25, 0.3) is 0 Å². The van der Waals surface area contributed by atoms with Crippen molar-refractivity contribution in [2.75, 3.05) is 39.6 Å². The maximum atomic E-state index is 12.2. The first-order chi connectivity index (χ1) is 10.5. The Morgan fingerprint density at radius 1 is 1.41 bits per heavy atom. The zero-order valence-electron chi connectivity index (χ0n) is 13.3. The molecule has 6 nitrogen and oxygen atoms in total. The second-order valence-electron chi connectivity index (χ2n) is 5.64. The molecule has 0 saturated carbocycles. The SMILES string of the molecule is COc1cccc(NC(=O)CN2CCC[C@H]2C(=O)N(C)C)c1. The van der Waals surface area contributed by atoms with Gasteiger partial charge in [-0.05, 0) is 31.5 Å². The van der Waals surface area contributed by atoms with Crippen molar-refractivity contribution in [2.45, 2.75) is 18.9 Å². The first kappa shape index (κ1) is 16.3. The number of carbonyl (C=O) groups is 2. The van der Waals surface area contributed by atoms with Crippen molar-refractivity contribution in [3.8, 4) is 5.75 Å². The third-order valence-corrected chi connectivity index (χ3v) is 3.79. The summed E-state index contributed by atoms with van der Waals surface area (Å²) in [6, 6.07) is 7.04. The van der Waals surface area contributed by atoms with Gasteiger partial charge in [0, 0.05) is 25.8 Å². The number of likely N-dealkylation sites (N-methyl/N-ethyl adjacent to an activating group) is 1. The number of anilines is 1. The van der Waals surface area contributed by atoms with E-state index in [1.807, 2.05) is 23.1 Å². The number of hydrogen-bond acceptors (Lipinski definition) is 4. The molecular weight excluding hydrogens is 282 g/mol. The van der Waals surface area contributed by atoms with Crippen LogP contribution in [0.25, 0.3) is 0 Å². The number of benzene rings is 1. The van der Waals surface area contributed by atoms with E-state index in [1.165, 1.54) is 0 Å². The number of nitrogens with one attached hydrogen (secondary N) is 1. The molecule has 1 aromatic carbocycles. The normalized spacial score (nSPS) is 18.0. The molecular formula is C16H23N3O3. The molecule has 1 atom stereocenters. The minimum absolute atomic E-state index is 0.0617. The summed E-state index contributed by atoms with van der Waals surface area (Å²) in [5.41, 5.74) is 0.694. The summed E-state index contributed by atoms with van der Waals surface area (Å²) in [5.74, 6) is 0.637. The lowest BCUT2D eigenvalue weighted by atomic mass is 10.2. The number of ether oxygens (including phenoxy) is 1. The van der Waals surface area contributed by atoms with Crippen molar-refractivity contribution in [3.05, 3.63) is 24.3 Å². The predicted molar refractivity (Wildman–Crippen MR) is 84.9 cm³/mol. The van der Waals surface area contributed by atoms with Crippen LogP contribution in [0.1, 0.15) is 12.8 Å². The Balaban J connectivity index is 1.94. The monoisotopic (exact) mass is 305 g/mol. The van der Waals surface area contributed by atoms with Gasteiger partial charge in [0.05, 0.1) is 19.7 Å². The number of amides is 2. The minimum Gasteiger partial charge on any atom is -0.497 e. The van der Waals surface area contributed by atoms with E-state index in [1.54, 1.807) is 32.2 Å². The van der Waals surface area contributed by atoms with E-state index >= 15 is 0 Å². The Hall–Kier alpha value is -2.08. The van der Waals surface area contributed by atoms with Crippen LogP contribution >= 0.6 is 0 Å². The van der Waals surface area contributed by atoms with Crippen molar-refractivity contribution in [1.29, 1.82) is 0 Å². The average Bonchev–Trinajstić information content (AvgIpc) is 2.94. The number of methoxy groups -OCH3 is 1. The highest BCUT2D eigenvalue weighted by molar-refractivity contribution is 5.93. The predicted octanol–water partition coefficient (Wildman–Crippen LogP) is 1.19. The van der Waals surface area contributed by atoms with Crippen molar-refractivity contribution >= 4 is 17.5 Å². The van der Waals surface area contributed by atoms with Crippen LogP contribution in [0.2, 0.25) is 0 Å². The van der Waals surface area contributed by atoms with Crippen molar-refractivity contribution < 1.29 is 14.3 Å². The van der Waals surface area contributed by atoms with Crippen LogP contribution in [0.15, 0.2) is 24.3 Å². The highest BCUT2D eigenvalue weighted by atomic mass is 16.5. The van der Waals surface area contributed by atoms with E-state index in [2.05, 4.69) is 5.32 Å². The highest BCUT2D eigenvalue weighted by Crippen LogP contribution is 2.20. The Morgan fingerprint density at radius 2 is 2.18 bits per heavy atom. The highest BCUT2D eigenvalue weighted by Gasteiger charge is 2.32. The number of nitrogens with zero attached hydrogens (tertiary/aromatic N) is 2. The third-order valence-electron chi connectivity index (χ3n) is 3.79. The molecule has 22 heavy (non-hydrogen) atoms. The van der Waals surface area contributed by atoms with Gasteiger partial charge in [0.15, 0.2) is 0 Å². The lowest BCUT2D eigenvalue weighted by molar-refractivity contribution is -0.133. The lowest BCUT2D eigenvalue weighted by Gasteiger charge is -2.25. The van der Waals surface area contributed by atoms with Gasteiger partial charge < -0.3 is 15.0 Å². The van der Waals surface area contributed by atoms with E-state index in [0.717, 1.165) is 19.4 Å². The van der Waals surface area contributed by atoms with Crippen molar-refractivity contribution in [1.82, 2.24) is 9.80 Å². The smallest absolute Gasteiger partial charge is 0.239 e. The molecule has 0 aliphatic carbocycles. The Bertz CT molecular complexity index is 545. The number of rotatable bonds is 5. The minimum atomic E-state index is -0.189. The summed E-state index contributed by atoms with van der Waals surface area (Å²) in [4.78, 5) is 27.8. The van der Waals surface area contributed by atoms with Crippen molar-refractivity contribution in [2.24, 2.45) is 0 Å². The second-order valence-corrected chi connectivity index (χ2v) is 5.64. The van der Waals surface area contributed by atoms with Crippen LogP contribution < -0.4 is 10.1 Å². The average molecular weight is 305 g/mol. The van der Waals surface area contributed by atoms with Gasteiger partial charge in [-0.1, -0.05) is 6.07 Å². The van der Waals surface area contributed by atoms with E-state index in [0.29, 0.717) is 11.4 Å². The van der Waals surface area contributed by atoms with Gasteiger partial charge in [-0.15, -0.1) is 0 Å². The van der Waals surface area contributed by atoms with E-state index < -0.39 is 0 Å². The first-order valence-corrected chi connectivity index (χ1v) is 7.40. The lowest BCUT2D eigenvalue weighted by Crippen LogP contribution is -2.45. The molecule has 1 aromatic rings. The summed E-state index contributed by atoms with van der Waals surface area (Å²) < 4.78 is 5.13. The molecule has 1 fully saturated rings. The van der Waals surface area contributed by atoms with Gasteiger partial charge >= 0.3 is 0 Å². The molecule has 0 spiro atoms. The Kier molecular flexibility index (Phi) is 5.38. The molecule has 6 heteroatoms. The summed E-state index contributed by atoms with van der Waals surface area (Å²) >= 11 is 0. The molecule has 1 aliphatic heterocycles. The standard InChI is InChI=1S/C16H23N3O3/c1-18(2)16(21)14-8-5-9-19(14)11-15(20)17-12-6-4-7-13(10-12)22-3/h4,6-7,10,14H,5,8-9,11H2,1-3H3,(H,17,20)/t14-/m0/s1. The van der Waals surface area contributed by atoms with Crippen molar-refractivity contribution in [3.63, 3.8) is 0 Å². The molecule has 0 radical (unpaired) electrons. The number of likely N-dealkylation sites (tertiary alicyclic amines) is 1. The maximum absolute atomic E-state index is 12.2. The van der Waals surface area contributed by atoms with E-state index in [4.69, 9.17) is 4.74 Å². The number of hydrogen-bond donors (Lipinski definition) is 1. The topological polar surface area (TPSA) is 61.9 Å². The quantitative estimate of drug-likeness (QED) is 0.887. The van der Waals surface area contributed by atoms with Gasteiger partial charge in [-0.25, -0.2) is 0 Å². The van der Waals surface area contributed by atoms with E-state index in [-0.39, 0.29) is 24.4 Å². The maximum Gasteiger partial charge on any atom is 0.239 e. The largest absolute Gasteiger partial charge is 0.497 e. The fourth-order valence-corrected chi connectivity index (χ4v) is 2.68. The molecule has 0 unspecified atom stereocenters. The third kappa shape index (κ3) is 3.98. The van der Waals surface area contributed by atoms with Gasteiger partial charge in [0.1, 0.15) is 5.75 Å². The van der Waals surface area contributed by atoms with Crippen LogP contribution in [0, 0.1) is 0 Å². The Morgan fingerprint density at radius 3 is 2.86 bits per heavy atom.